The molecule has 0 spiro atoms. The summed E-state index contributed by atoms with van der Waals surface area (Å²) >= 11 is 0. The topological polar surface area (TPSA) is 115 Å². The number of carbonyl (C=O) groups excluding carboxylic acids is 4. The monoisotopic (exact) mass is 646 g/mol. The first-order chi connectivity index (χ1) is 22.5. The van der Waals surface area contributed by atoms with E-state index in [2.05, 4.69) is 17.3 Å². The molecule has 3 aromatic rings. The fraction of sp³-hybridized carbons (Fsp3) is 0.294. The summed E-state index contributed by atoms with van der Waals surface area (Å²) in [5.74, 6) is -4.08. The van der Waals surface area contributed by atoms with E-state index < -0.39 is 47.7 Å². The van der Waals surface area contributed by atoms with Gasteiger partial charge in [0.2, 0.25) is 17.7 Å². The lowest BCUT2D eigenvalue weighted by Crippen LogP contribution is -2.75. The third kappa shape index (κ3) is 7.64. The Hall–Kier alpha value is -5.14. The van der Waals surface area contributed by atoms with Gasteiger partial charge in [-0.3, -0.25) is 14.4 Å². The van der Waals surface area contributed by atoms with Crippen molar-refractivity contribution in [3.8, 4) is 5.75 Å². The van der Waals surface area contributed by atoms with Crippen molar-refractivity contribution >= 4 is 23.8 Å². The molecule has 2 N–H and O–H groups in total. The Morgan fingerprint density at radius 3 is 2.47 bits per heavy atom. The third-order valence-corrected chi connectivity index (χ3v) is 7.98. The van der Waals surface area contributed by atoms with Crippen molar-refractivity contribution in [2.45, 2.75) is 31.2 Å². The van der Waals surface area contributed by atoms with Gasteiger partial charge in [-0.1, -0.05) is 54.6 Å². The van der Waals surface area contributed by atoms with Gasteiger partial charge in [0.1, 0.15) is 29.6 Å². The van der Waals surface area contributed by atoms with Crippen LogP contribution in [-0.4, -0.2) is 89.5 Å². The number of amides is 4. The van der Waals surface area contributed by atoms with Crippen molar-refractivity contribution in [2.75, 3.05) is 33.7 Å². The van der Waals surface area contributed by atoms with Crippen LogP contribution in [0.1, 0.15) is 22.6 Å². The maximum Gasteiger partial charge on any atom is 0.414 e. The number of piperazine rings is 1. The largest absolute Gasteiger partial charge is 0.414 e. The molecule has 5 rings (SSSR count). The lowest BCUT2D eigenvalue weighted by Gasteiger charge is -2.52. The number of hydrogen-bond acceptors (Lipinski definition) is 7. The van der Waals surface area contributed by atoms with E-state index >= 15 is 0 Å². The number of halogens is 2. The molecule has 0 saturated carbocycles. The average molecular weight is 647 g/mol. The lowest BCUT2D eigenvalue weighted by atomic mass is 9.86. The summed E-state index contributed by atoms with van der Waals surface area (Å²) < 4.78 is 33.8. The Morgan fingerprint density at radius 2 is 1.81 bits per heavy atom. The molecule has 246 valence electrons. The Labute approximate surface area is 271 Å². The second-order valence-electron chi connectivity index (χ2n) is 11.5. The highest BCUT2D eigenvalue weighted by molar-refractivity contribution is 5.97. The normalized spacial score (nSPS) is 18.7. The van der Waals surface area contributed by atoms with Gasteiger partial charge in [-0.05, 0) is 29.3 Å². The molecule has 47 heavy (non-hydrogen) atoms. The van der Waals surface area contributed by atoms with Crippen molar-refractivity contribution in [3.63, 3.8) is 0 Å². The molecule has 0 bridgehead atoms. The molecule has 4 amide bonds. The third-order valence-electron chi connectivity index (χ3n) is 7.98. The van der Waals surface area contributed by atoms with E-state index in [1.165, 1.54) is 47.0 Å². The van der Waals surface area contributed by atoms with E-state index in [4.69, 9.17) is 4.74 Å². The first-order valence-corrected chi connectivity index (χ1v) is 15.0. The van der Waals surface area contributed by atoms with E-state index in [-0.39, 0.29) is 43.4 Å². The number of hydrogen-bond donors (Lipinski definition) is 2. The van der Waals surface area contributed by atoms with Crippen molar-refractivity contribution in [3.05, 3.63) is 114 Å². The number of nitrogens with one attached hydrogen (secondary N) is 2. The second kappa shape index (κ2) is 14.5. The summed E-state index contributed by atoms with van der Waals surface area (Å²) in [4.78, 5) is 58.5. The Balaban J connectivity index is 1.55. The molecule has 11 nitrogen and oxygen atoms in total. The van der Waals surface area contributed by atoms with Crippen LogP contribution in [-0.2, 0) is 27.5 Å². The average Bonchev–Trinajstić information content (AvgIpc) is 3.04. The molecule has 3 atom stereocenters. The molecular formula is C34H36F2N6O5. The minimum absolute atomic E-state index is 0.0245. The van der Waals surface area contributed by atoms with Crippen LogP contribution in [0.25, 0.3) is 0 Å². The van der Waals surface area contributed by atoms with Crippen LogP contribution in [0.2, 0.25) is 0 Å². The van der Waals surface area contributed by atoms with Crippen LogP contribution < -0.4 is 15.5 Å². The minimum Gasteiger partial charge on any atom is -0.410 e. The van der Waals surface area contributed by atoms with Crippen LogP contribution >= 0.6 is 0 Å². The molecule has 2 aliphatic rings. The molecule has 3 unspecified atom stereocenters. The molecule has 0 radical (unpaired) electrons. The molecule has 3 aromatic carbocycles. The van der Waals surface area contributed by atoms with Gasteiger partial charge in [0.15, 0.2) is 0 Å². The highest BCUT2D eigenvalue weighted by atomic mass is 19.1. The molecule has 2 saturated heterocycles. The molecule has 2 fully saturated rings. The Kier molecular flexibility index (Phi) is 10.3. The van der Waals surface area contributed by atoms with Crippen molar-refractivity contribution in [2.24, 2.45) is 0 Å². The second-order valence-corrected chi connectivity index (χ2v) is 11.5. The zero-order valence-electron chi connectivity index (χ0n) is 26.1. The number of carbonyl (C=O) groups is 4. The van der Waals surface area contributed by atoms with E-state index in [9.17, 15) is 28.0 Å². The van der Waals surface area contributed by atoms with Gasteiger partial charge in [0.05, 0.1) is 19.0 Å². The van der Waals surface area contributed by atoms with Crippen molar-refractivity contribution < 1.29 is 32.7 Å². The van der Waals surface area contributed by atoms with Gasteiger partial charge in [-0.2, -0.15) is 0 Å². The van der Waals surface area contributed by atoms with Gasteiger partial charge in [0, 0.05) is 45.4 Å². The molecule has 13 heteroatoms. The molecular weight excluding hydrogens is 610 g/mol. The summed E-state index contributed by atoms with van der Waals surface area (Å²) in [6, 6.07) is 17.1. The molecule has 2 aliphatic heterocycles. The maximum absolute atomic E-state index is 14.8. The van der Waals surface area contributed by atoms with Crippen LogP contribution in [0.3, 0.4) is 0 Å². The number of benzene rings is 3. The van der Waals surface area contributed by atoms with Crippen LogP contribution in [0.15, 0.2) is 85.5 Å². The van der Waals surface area contributed by atoms with Gasteiger partial charge < -0.3 is 24.8 Å². The fourth-order valence-electron chi connectivity index (χ4n) is 5.70. The molecule has 0 aliphatic carbocycles. The van der Waals surface area contributed by atoms with Crippen molar-refractivity contribution in [1.29, 1.82) is 0 Å². The van der Waals surface area contributed by atoms with Gasteiger partial charge in [-0.25, -0.2) is 24.0 Å². The SMILES string of the molecule is C=CCN1CC(=O)N2C(CN(Cc3ccc(F)cc3F)C(=O)C2C(C(=O)NCc2ccccc2)c2ccc(OC(=O)N(C)C)cc2)N1. The summed E-state index contributed by atoms with van der Waals surface area (Å²) in [6.07, 6.45) is 0.252. The van der Waals surface area contributed by atoms with E-state index in [0.29, 0.717) is 12.1 Å². The van der Waals surface area contributed by atoms with Crippen molar-refractivity contribution in [1.82, 2.24) is 30.5 Å². The zero-order chi connectivity index (χ0) is 33.7. The van der Waals surface area contributed by atoms with E-state index in [1.807, 2.05) is 30.3 Å². The predicted molar refractivity (Wildman–Crippen MR) is 168 cm³/mol. The summed E-state index contributed by atoms with van der Waals surface area (Å²) in [7, 11) is 3.08. The number of hydrazine groups is 1. The Bertz CT molecular complexity index is 1640. The van der Waals surface area contributed by atoms with Gasteiger partial charge in [-0.15, -0.1) is 6.58 Å². The van der Waals surface area contributed by atoms with Gasteiger partial charge in [0.25, 0.3) is 0 Å². The van der Waals surface area contributed by atoms with E-state index in [1.54, 1.807) is 23.2 Å². The summed E-state index contributed by atoms with van der Waals surface area (Å²) in [6.45, 7) is 3.89. The number of rotatable bonds is 10. The molecule has 0 aromatic heterocycles. The van der Waals surface area contributed by atoms with Gasteiger partial charge >= 0.3 is 6.09 Å². The number of fused-ring (bicyclic) bond motifs is 1. The highest BCUT2D eigenvalue weighted by Gasteiger charge is 2.51. The first kappa shape index (κ1) is 33.2. The smallest absolute Gasteiger partial charge is 0.410 e. The quantitative estimate of drug-likeness (QED) is 0.326. The lowest BCUT2D eigenvalue weighted by molar-refractivity contribution is -0.170. The standard InChI is InChI=1S/C34H36F2N6O5/c1-4-16-41-21-29(43)42-28(38-41)20-40(19-24-10-13-25(35)17-27(24)36)33(45)31(42)30(32(44)37-18-22-8-6-5-7-9-22)23-11-14-26(15-12-23)47-34(46)39(2)3/h4-15,17,28,30-31,38H,1,16,18-21H2,2-3H3,(H,37,44). The summed E-state index contributed by atoms with van der Waals surface area (Å²) in [5, 5.41) is 4.56. The zero-order valence-corrected chi connectivity index (χ0v) is 26.1. The van der Waals surface area contributed by atoms with Crippen LogP contribution in [0.5, 0.6) is 5.75 Å². The maximum atomic E-state index is 14.8. The number of ether oxygens (including phenoxy) is 1. The Morgan fingerprint density at radius 1 is 1.09 bits per heavy atom. The highest BCUT2D eigenvalue weighted by Crippen LogP contribution is 2.33. The van der Waals surface area contributed by atoms with E-state index in [0.717, 1.165) is 17.7 Å². The summed E-state index contributed by atoms with van der Waals surface area (Å²) in [5.41, 5.74) is 4.53. The van der Waals surface area contributed by atoms with Crippen LogP contribution in [0.4, 0.5) is 13.6 Å². The number of nitrogens with zero attached hydrogens (tertiary/aromatic N) is 4. The molecule has 2 heterocycles. The van der Waals surface area contributed by atoms with Crippen LogP contribution in [0, 0.1) is 11.6 Å². The predicted octanol–water partition coefficient (Wildman–Crippen LogP) is 3.00. The fourth-order valence-corrected chi connectivity index (χ4v) is 5.70. The first-order valence-electron chi connectivity index (χ1n) is 15.0. The minimum atomic E-state index is -1.34.